The maximum absolute atomic E-state index is 12.9. The van der Waals surface area contributed by atoms with E-state index in [1.807, 2.05) is 60.7 Å². The highest BCUT2D eigenvalue weighted by Crippen LogP contribution is 2.24. The number of hydrogen-bond acceptors (Lipinski definition) is 4. The summed E-state index contributed by atoms with van der Waals surface area (Å²) in [5.74, 6) is -1.15. The molecule has 152 valence electrons. The Morgan fingerprint density at radius 3 is 2.13 bits per heavy atom. The standard InChI is InChI=1S/C24H23N3O3/c1-17-9-8-14-20(23(17)29)15-26-27-21(28)16-25-24(30)22(18-10-4-2-5-11-18)19-12-6-3-7-13-19/h2-15,22,29H,16H2,1H3,(H,25,30)(H,27,28)/b26-15-. The molecule has 0 aliphatic carbocycles. The third kappa shape index (κ3) is 5.32. The highest BCUT2D eigenvalue weighted by atomic mass is 16.3. The lowest BCUT2D eigenvalue weighted by atomic mass is 9.90. The number of hydrazone groups is 1. The molecule has 0 heterocycles. The Hall–Kier alpha value is -3.93. The number of aromatic hydroxyl groups is 1. The maximum atomic E-state index is 12.9. The van der Waals surface area contributed by atoms with Crippen molar-refractivity contribution in [1.82, 2.24) is 10.7 Å². The largest absolute Gasteiger partial charge is 0.507 e. The average molecular weight is 401 g/mol. The number of nitrogens with zero attached hydrogens (tertiary/aromatic N) is 1. The molecule has 2 amide bonds. The first-order valence-corrected chi connectivity index (χ1v) is 9.54. The summed E-state index contributed by atoms with van der Waals surface area (Å²) in [7, 11) is 0. The van der Waals surface area contributed by atoms with Gasteiger partial charge in [-0.3, -0.25) is 9.59 Å². The lowest BCUT2D eigenvalue weighted by Gasteiger charge is -2.17. The fourth-order valence-corrected chi connectivity index (χ4v) is 3.05. The van der Waals surface area contributed by atoms with Crippen LogP contribution >= 0.6 is 0 Å². The van der Waals surface area contributed by atoms with Gasteiger partial charge in [0.25, 0.3) is 5.91 Å². The van der Waals surface area contributed by atoms with Gasteiger partial charge in [0.2, 0.25) is 5.91 Å². The van der Waals surface area contributed by atoms with Gasteiger partial charge in [-0.2, -0.15) is 5.10 Å². The fraction of sp³-hybridized carbons (Fsp3) is 0.125. The Bertz CT molecular complexity index is 995. The first kappa shape index (κ1) is 20.8. The summed E-state index contributed by atoms with van der Waals surface area (Å²) in [6, 6.07) is 24.1. The Balaban J connectivity index is 1.62. The van der Waals surface area contributed by atoms with E-state index in [9.17, 15) is 14.7 Å². The first-order chi connectivity index (χ1) is 14.6. The van der Waals surface area contributed by atoms with Crippen molar-refractivity contribution in [1.29, 1.82) is 0 Å². The molecule has 0 aliphatic rings. The van der Waals surface area contributed by atoms with Crippen LogP contribution in [0.4, 0.5) is 0 Å². The van der Waals surface area contributed by atoms with Crippen molar-refractivity contribution in [3.8, 4) is 5.75 Å². The Morgan fingerprint density at radius 2 is 1.53 bits per heavy atom. The van der Waals surface area contributed by atoms with E-state index >= 15 is 0 Å². The van der Waals surface area contributed by atoms with Crippen molar-refractivity contribution < 1.29 is 14.7 Å². The van der Waals surface area contributed by atoms with E-state index in [1.165, 1.54) is 6.21 Å². The summed E-state index contributed by atoms with van der Waals surface area (Å²) in [5.41, 5.74) is 5.25. The molecule has 3 aromatic rings. The van der Waals surface area contributed by atoms with Gasteiger partial charge in [0.15, 0.2) is 0 Å². The zero-order chi connectivity index (χ0) is 21.3. The minimum atomic E-state index is -0.520. The van der Waals surface area contributed by atoms with E-state index in [0.29, 0.717) is 11.1 Å². The number of aryl methyl sites for hydroxylation is 1. The Morgan fingerprint density at radius 1 is 0.933 bits per heavy atom. The van der Waals surface area contributed by atoms with Crippen molar-refractivity contribution in [2.24, 2.45) is 5.10 Å². The van der Waals surface area contributed by atoms with Gasteiger partial charge in [0.1, 0.15) is 5.75 Å². The van der Waals surface area contributed by atoms with E-state index in [-0.39, 0.29) is 18.2 Å². The minimum Gasteiger partial charge on any atom is -0.507 e. The molecular formula is C24H23N3O3. The second kappa shape index (κ2) is 10.0. The molecule has 0 unspecified atom stereocenters. The monoisotopic (exact) mass is 401 g/mol. The number of phenols is 1. The molecule has 0 bridgehead atoms. The van der Waals surface area contributed by atoms with Crippen molar-refractivity contribution in [2.75, 3.05) is 6.54 Å². The quantitative estimate of drug-likeness (QED) is 0.420. The lowest BCUT2D eigenvalue weighted by Crippen LogP contribution is -2.37. The van der Waals surface area contributed by atoms with Crippen LogP contribution in [-0.2, 0) is 9.59 Å². The molecule has 0 spiro atoms. The SMILES string of the molecule is Cc1cccc(/C=N\NC(=O)CNC(=O)C(c2ccccc2)c2ccccc2)c1O. The molecule has 3 aromatic carbocycles. The van der Waals surface area contributed by atoms with Gasteiger partial charge < -0.3 is 10.4 Å². The van der Waals surface area contributed by atoms with E-state index < -0.39 is 11.8 Å². The summed E-state index contributed by atoms with van der Waals surface area (Å²) in [6.45, 7) is 1.56. The van der Waals surface area contributed by atoms with E-state index in [1.54, 1.807) is 25.1 Å². The minimum absolute atomic E-state index is 0.109. The third-order valence-corrected chi connectivity index (χ3v) is 4.61. The van der Waals surface area contributed by atoms with Gasteiger partial charge in [-0.05, 0) is 29.7 Å². The molecule has 0 aromatic heterocycles. The predicted molar refractivity (Wildman–Crippen MR) is 116 cm³/mol. The lowest BCUT2D eigenvalue weighted by molar-refractivity contribution is -0.126. The highest BCUT2D eigenvalue weighted by Gasteiger charge is 2.22. The molecule has 0 fully saturated rings. The van der Waals surface area contributed by atoms with Gasteiger partial charge >= 0.3 is 0 Å². The number of carbonyl (C=O) groups is 2. The summed E-state index contributed by atoms with van der Waals surface area (Å²) in [5, 5.41) is 16.5. The highest BCUT2D eigenvalue weighted by molar-refractivity contribution is 5.91. The maximum Gasteiger partial charge on any atom is 0.259 e. The molecule has 0 saturated carbocycles. The van der Waals surface area contributed by atoms with Crippen molar-refractivity contribution >= 4 is 18.0 Å². The number of nitrogens with one attached hydrogen (secondary N) is 2. The number of para-hydroxylation sites is 1. The van der Waals surface area contributed by atoms with Crippen molar-refractivity contribution in [3.63, 3.8) is 0 Å². The average Bonchev–Trinajstić information content (AvgIpc) is 2.77. The second-order valence-corrected chi connectivity index (χ2v) is 6.78. The van der Waals surface area contributed by atoms with Gasteiger partial charge in [0, 0.05) is 5.56 Å². The molecule has 3 rings (SSSR count). The third-order valence-electron chi connectivity index (χ3n) is 4.61. The summed E-state index contributed by atoms with van der Waals surface area (Å²) in [6.07, 6.45) is 1.36. The Kier molecular flexibility index (Phi) is 6.95. The van der Waals surface area contributed by atoms with Crippen LogP contribution in [-0.4, -0.2) is 29.7 Å². The molecule has 6 heteroatoms. The van der Waals surface area contributed by atoms with E-state index in [4.69, 9.17) is 0 Å². The number of phenolic OH excluding ortho intramolecular Hbond substituents is 1. The smallest absolute Gasteiger partial charge is 0.259 e. The molecule has 0 saturated heterocycles. The van der Waals surface area contributed by atoms with E-state index in [0.717, 1.165) is 11.1 Å². The van der Waals surface area contributed by atoms with Crippen LogP contribution in [0.15, 0.2) is 84.0 Å². The molecule has 3 N–H and O–H groups in total. The number of benzene rings is 3. The van der Waals surface area contributed by atoms with Gasteiger partial charge in [-0.1, -0.05) is 72.8 Å². The van der Waals surface area contributed by atoms with Crippen LogP contribution in [0.5, 0.6) is 5.75 Å². The first-order valence-electron chi connectivity index (χ1n) is 9.54. The molecular weight excluding hydrogens is 378 g/mol. The Labute approximate surface area is 175 Å². The van der Waals surface area contributed by atoms with Crippen LogP contribution in [0.1, 0.15) is 28.2 Å². The van der Waals surface area contributed by atoms with Crippen LogP contribution in [0, 0.1) is 6.92 Å². The van der Waals surface area contributed by atoms with Crippen LogP contribution in [0.3, 0.4) is 0 Å². The number of rotatable bonds is 7. The molecule has 6 nitrogen and oxygen atoms in total. The zero-order valence-corrected chi connectivity index (χ0v) is 16.6. The van der Waals surface area contributed by atoms with Gasteiger partial charge in [-0.25, -0.2) is 5.43 Å². The molecule has 0 atom stereocenters. The molecule has 30 heavy (non-hydrogen) atoms. The number of hydrogen-bond donors (Lipinski definition) is 3. The van der Waals surface area contributed by atoms with Crippen LogP contribution in [0.25, 0.3) is 0 Å². The molecule has 0 aliphatic heterocycles. The van der Waals surface area contributed by atoms with Crippen molar-refractivity contribution in [3.05, 3.63) is 101 Å². The van der Waals surface area contributed by atoms with E-state index in [2.05, 4.69) is 15.8 Å². The van der Waals surface area contributed by atoms with Gasteiger partial charge in [0.05, 0.1) is 18.7 Å². The summed E-state index contributed by atoms with van der Waals surface area (Å²) >= 11 is 0. The van der Waals surface area contributed by atoms with Crippen LogP contribution in [0.2, 0.25) is 0 Å². The van der Waals surface area contributed by atoms with Crippen molar-refractivity contribution in [2.45, 2.75) is 12.8 Å². The second-order valence-electron chi connectivity index (χ2n) is 6.78. The van der Waals surface area contributed by atoms with Gasteiger partial charge in [-0.15, -0.1) is 0 Å². The normalized spacial score (nSPS) is 10.9. The summed E-state index contributed by atoms with van der Waals surface area (Å²) < 4.78 is 0. The number of carbonyl (C=O) groups excluding carboxylic acids is 2. The van der Waals surface area contributed by atoms with Crippen LogP contribution < -0.4 is 10.7 Å². The topological polar surface area (TPSA) is 90.8 Å². The molecule has 0 radical (unpaired) electrons. The fourth-order valence-electron chi connectivity index (χ4n) is 3.05. The predicted octanol–water partition coefficient (Wildman–Crippen LogP) is 3.10. The summed E-state index contributed by atoms with van der Waals surface area (Å²) in [4.78, 5) is 24.9. The number of amides is 2. The zero-order valence-electron chi connectivity index (χ0n) is 16.6.